The van der Waals surface area contributed by atoms with Crippen LogP contribution in [0.25, 0.3) is 0 Å². The first kappa shape index (κ1) is 16.8. The SMILES string of the molecule is O=C(CN1CCOCC1)NC[C@H]1[C@@H]2CNC[C@@H](C2)c2cccc(=O)n21. The van der Waals surface area contributed by atoms with Crippen molar-refractivity contribution in [2.24, 2.45) is 5.92 Å². The highest BCUT2D eigenvalue weighted by Crippen LogP contribution is 2.37. The summed E-state index contributed by atoms with van der Waals surface area (Å²) in [7, 11) is 0. The van der Waals surface area contributed by atoms with E-state index in [2.05, 4.69) is 21.6 Å². The van der Waals surface area contributed by atoms with Gasteiger partial charge in [-0.15, -0.1) is 0 Å². The molecule has 2 N–H and O–H groups in total. The van der Waals surface area contributed by atoms with Crippen molar-refractivity contribution in [2.75, 3.05) is 52.5 Å². The number of piperidine rings is 1. The van der Waals surface area contributed by atoms with Crippen molar-refractivity contribution in [1.29, 1.82) is 0 Å². The first-order valence-corrected chi connectivity index (χ1v) is 9.21. The Labute approximate surface area is 147 Å². The molecule has 3 aliphatic rings. The van der Waals surface area contributed by atoms with Crippen LogP contribution >= 0.6 is 0 Å². The van der Waals surface area contributed by atoms with E-state index in [1.54, 1.807) is 6.07 Å². The van der Waals surface area contributed by atoms with E-state index in [4.69, 9.17) is 4.74 Å². The lowest BCUT2D eigenvalue weighted by Gasteiger charge is -2.43. The molecule has 0 aromatic carbocycles. The third-order valence-electron chi connectivity index (χ3n) is 5.68. The molecule has 2 fully saturated rings. The third kappa shape index (κ3) is 3.49. The van der Waals surface area contributed by atoms with Gasteiger partial charge in [0, 0.05) is 50.4 Å². The first-order valence-electron chi connectivity index (χ1n) is 9.21. The quantitative estimate of drug-likeness (QED) is 0.772. The van der Waals surface area contributed by atoms with Crippen LogP contribution in [0.5, 0.6) is 0 Å². The van der Waals surface area contributed by atoms with Gasteiger partial charge in [-0.1, -0.05) is 6.07 Å². The van der Waals surface area contributed by atoms with Crippen LogP contribution < -0.4 is 16.2 Å². The monoisotopic (exact) mass is 346 g/mol. The fraction of sp³-hybridized carbons (Fsp3) is 0.667. The van der Waals surface area contributed by atoms with Crippen molar-refractivity contribution in [1.82, 2.24) is 20.1 Å². The highest BCUT2D eigenvalue weighted by Gasteiger charge is 2.37. The van der Waals surface area contributed by atoms with E-state index in [0.717, 1.165) is 38.3 Å². The zero-order valence-electron chi connectivity index (χ0n) is 14.4. The summed E-state index contributed by atoms with van der Waals surface area (Å²) in [4.78, 5) is 26.9. The predicted molar refractivity (Wildman–Crippen MR) is 93.7 cm³/mol. The second kappa shape index (κ2) is 7.27. The molecule has 7 nitrogen and oxygen atoms in total. The Bertz CT molecular complexity index is 683. The zero-order chi connectivity index (χ0) is 17.2. The number of pyridine rings is 1. The number of hydrogen-bond donors (Lipinski definition) is 2. The molecule has 0 radical (unpaired) electrons. The molecule has 136 valence electrons. The Kier molecular flexibility index (Phi) is 4.87. The summed E-state index contributed by atoms with van der Waals surface area (Å²) in [6.07, 6.45) is 1.08. The molecule has 0 unspecified atom stereocenters. The molecule has 1 amide bonds. The minimum absolute atomic E-state index is 0.0262. The highest BCUT2D eigenvalue weighted by molar-refractivity contribution is 5.78. The third-order valence-corrected chi connectivity index (χ3v) is 5.68. The van der Waals surface area contributed by atoms with Crippen molar-refractivity contribution >= 4 is 5.91 Å². The highest BCUT2D eigenvalue weighted by atomic mass is 16.5. The maximum Gasteiger partial charge on any atom is 0.251 e. The molecule has 0 aliphatic carbocycles. The molecule has 4 heterocycles. The van der Waals surface area contributed by atoms with Crippen molar-refractivity contribution in [3.05, 3.63) is 34.2 Å². The van der Waals surface area contributed by atoms with Gasteiger partial charge >= 0.3 is 0 Å². The van der Waals surface area contributed by atoms with Crippen molar-refractivity contribution in [3.8, 4) is 0 Å². The number of ether oxygens (including phenoxy) is 1. The van der Waals surface area contributed by atoms with Gasteiger partial charge in [0.05, 0.1) is 25.8 Å². The zero-order valence-corrected chi connectivity index (χ0v) is 14.4. The van der Waals surface area contributed by atoms with Crippen LogP contribution in [0.1, 0.15) is 24.1 Å². The predicted octanol–water partition coefficient (Wildman–Crippen LogP) is -0.455. The number of carbonyl (C=O) groups excluding carboxylic acids is 1. The molecule has 0 saturated carbocycles. The molecule has 7 heteroatoms. The first-order chi connectivity index (χ1) is 12.2. The van der Waals surface area contributed by atoms with E-state index in [1.165, 1.54) is 0 Å². The Hall–Kier alpha value is -1.70. The summed E-state index contributed by atoms with van der Waals surface area (Å²) >= 11 is 0. The lowest BCUT2D eigenvalue weighted by molar-refractivity contribution is -0.123. The number of rotatable bonds is 4. The van der Waals surface area contributed by atoms with Crippen LogP contribution in [0, 0.1) is 5.92 Å². The van der Waals surface area contributed by atoms with Gasteiger partial charge in [-0.3, -0.25) is 14.5 Å². The van der Waals surface area contributed by atoms with E-state index >= 15 is 0 Å². The Morgan fingerprint density at radius 2 is 2.12 bits per heavy atom. The average Bonchev–Trinajstić information content (AvgIpc) is 2.63. The number of fused-ring (bicyclic) bond motifs is 4. The fourth-order valence-corrected chi connectivity index (χ4v) is 4.40. The van der Waals surface area contributed by atoms with Gasteiger partial charge in [0.25, 0.3) is 5.56 Å². The summed E-state index contributed by atoms with van der Waals surface area (Å²) in [5.41, 5.74) is 1.14. The molecular formula is C18H26N4O3. The number of carbonyl (C=O) groups is 1. The Morgan fingerprint density at radius 3 is 2.96 bits per heavy atom. The standard InChI is InChI=1S/C18H26N4O3/c23-17(12-21-4-6-25-7-5-21)20-11-16-14-8-13(9-19-10-14)15-2-1-3-18(24)22(15)16/h1-3,13-14,16,19H,4-12H2,(H,20,23)/t13-,14+,16+/m1/s1. The minimum atomic E-state index is 0.0262. The van der Waals surface area contributed by atoms with Gasteiger partial charge in [-0.25, -0.2) is 0 Å². The number of amides is 1. The van der Waals surface area contributed by atoms with Crippen LogP contribution in [0.15, 0.2) is 23.0 Å². The number of hydrogen-bond acceptors (Lipinski definition) is 5. The summed E-state index contributed by atoms with van der Waals surface area (Å²) in [5.74, 6) is 0.807. The molecule has 1 aromatic rings. The molecule has 1 aromatic heterocycles. The largest absolute Gasteiger partial charge is 0.379 e. The van der Waals surface area contributed by atoms with E-state index in [1.807, 2.05) is 10.6 Å². The van der Waals surface area contributed by atoms with E-state index in [9.17, 15) is 9.59 Å². The topological polar surface area (TPSA) is 75.6 Å². The lowest BCUT2D eigenvalue weighted by Crippen LogP contribution is -2.51. The summed E-state index contributed by atoms with van der Waals surface area (Å²) in [5, 5.41) is 6.54. The second-order valence-electron chi connectivity index (χ2n) is 7.27. The molecule has 25 heavy (non-hydrogen) atoms. The number of aromatic nitrogens is 1. The number of nitrogens with one attached hydrogen (secondary N) is 2. The minimum Gasteiger partial charge on any atom is -0.379 e. The van der Waals surface area contributed by atoms with Gasteiger partial charge in [-0.05, 0) is 18.4 Å². The summed E-state index contributed by atoms with van der Waals surface area (Å²) in [6.45, 7) is 5.72. The van der Waals surface area contributed by atoms with E-state index < -0.39 is 0 Å². The number of nitrogens with zero attached hydrogens (tertiary/aromatic N) is 2. The Balaban J connectivity index is 1.45. The van der Waals surface area contributed by atoms with Crippen LogP contribution in [0.2, 0.25) is 0 Å². The number of morpholine rings is 1. The van der Waals surface area contributed by atoms with Gasteiger partial charge in [0.15, 0.2) is 0 Å². The van der Waals surface area contributed by atoms with Gasteiger partial charge in [0.2, 0.25) is 5.91 Å². The fourth-order valence-electron chi connectivity index (χ4n) is 4.40. The normalized spacial score (nSPS) is 29.0. The second-order valence-corrected chi connectivity index (χ2v) is 7.27. The smallest absolute Gasteiger partial charge is 0.251 e. The molecule has 2 saturated heterocycles. The maximum absolute atomic E-state index is 12.5. The van der Waals surface area contributed by atoms with E-state index in [0.29, 0.717) is 38.1 Å². The van der Waals surface area contributed by atoms with Gasteiger partial charge < -0.3 is 19.9 Å². The van der Waals surface area contributed by atoms with Crippen LogP contribution in [-0.4, -0.2) is 67.9 Å². The molecule has 3 atom stereocenters. The van der Waals surface area contributed by atoms with Crippen LogP contribution in [0.3, 0.4) is 0 Å². The molecule has 3 aliphatic heterocycles. The van der Waals surface area contributed by atoms with Crippen LogP contribution in [-0.2, 0) is 9.53 Å². The summed E-state index contributed by atoms with van der Waals surface area (Å²) in [6, 6.07) is 5.55. The molecular weight excluding hydrogens is 320 g/mol. The van der Waals surface area contributed by atoms with Crippen LogP contribution in [0.4, 0.5) is 0 Å². The lowest BCUT2D eigenvalue weighted by atomic mass is 9.79. The van der Waals surface area contributed by atoms with Crippen molar-refractivity contribution in [3.63, 3.8) is 0 Å². The summed E-state index contributed by atoms with van der Waals surface area (Å²) < 4.78 is 7.24. The Morgan fingerprint density at radius 1 is 1.28 bits per heavy atom. The molecule has 4 rings (SSSR count). The maximum atomic E-state index is 12.5. The van der Waals surface area contributed by atoms with Crippen molar-refractivity contribution < 1.29 is 9.53 Å². The van der Waals surface area contributed by atoms with E-state index in [-0.39, 0.29) is 17.5 Å². The van der Waals surface area contributed by atoms with Gasteiger partial charge in [0.1, 0.15) is 0 Å². The molecule has 2 bridgehead atoms. The van der Waals surface area contributed by atoms with Crippen molar-refractivity contribution in [2.45, 2.75) is 18.4 Å². The molecule has 0 spiro atoms. The van der Waals surface area contributed by atoms with Gasteiger partial charge in [-0.2, -0.15) is 0 Å². The average molecular weight is 346 g/mol.